The zero-order chi connectivity index (χ0) is 15.3. The molecule has 0 atom stereocenters. The molecule has 1 aromatic heterocycles. The molecule has 0 saturated carbocycles. The lowest BCUT2D eigenvalue weighted by atomic mass is 10.2. The van der Waals surface area contributed by atoms with Crippen LogP contribution in [0.25, 0.3) is 0 Å². The molecule has 0 spiro atoms. The molecule has 0 aliphatic carbocycles. The van der Waals surface area contributed by atoms with Crippen LogP contribution in [-0.4, -0.2) is 12.3 Å². The number of benzene rings is 1. The van der Waals surface area contributed by atoms with Crippen LogP contribution in [0, 0.1) is 0 Å². The Hall–Kier alpha value is -2.44. The van der Waals surface area contributed by atoms with Crippen LogP contribution in [0.5, 0.6) is 5.75 Å². The van der Waals surface area contributed by atoms with E-state index in [0.717, 1.165) is 12.1 Å². The van der Waals surface area contributed by atoms with Gasteiger partial charge in [0, 0.05) is 18.5 Å². The molecule has 21 heavy (non-hydrogen) atoms. The molecule has 7 heteroatoms. The Labute approximate surface area is 118 Å². The van der Waals surface area contributed by atoms with Crippen molar-refractivity contribution in [1.29, 1.82) is 0 Å². The quantitative estimate of drug-likeness (QED) is 0.914. The molecule has 0 radical (unpaired) electrons. The summed E-state index contributed by atoms with van der Waals surface area (Å²) in [5.41, 5.74) is 0.397. The third-order valence-electron chi connectivity index (χ3n) is 2.55. The average molecular weight is 299 g/mol. The molecule has 1 aromatic carbocycles. The number of amides is 1. The van der Waals surface area contributed by atoms with E-state index >= 15 is 0 Å². The van der Waals surface area contributed by atoms with Crippen LogP contribution in [0.15, 0.2) is 47.1 Å². The lowest BCUT2D eigenvalue weighted by Crippen LogP contribution is -2.17. The number of carbonyl (C=O) groups excluding carboxylic acids is 1. The summed E-state index contributed by atoms with van der Waals surface area (Å²) in [4.78, 5) is 11.7. The Morgan fingerprint density at radius 1 is 1.19 bits per heavy atom. The number of aryl methyl sites for hydroxylation is 1. The largest absolute Gasteiger partial charge is 0.573 e. The fourth-order valence-corrected chi connectivity index (χ4v) is 1.65. The molecule has 2 rings (SSSR count). The van der Waals surface area contributed by atoms with Gasteiger partial charge in [0.25, 0.3) is 0 Å². The molecule has 1 amide bonds. The Balaban J connectivity index is 1.83. The van der Waals surface area contributed by atoms with E-state index in [1.54, 1.807) is 12.1 Å². The summed E-state index contributed by atoms with van der Waals surface area (Å²) in [6.45, 7) is 0. The van der Waals surface area contributed by atoms with Gasteiger partial charge < -0.3 is 14.5 Å². The molecular weight excluding hydrogens is 287 g/mol. The molecule has 4 nitrogen and oxygen atoms in total. The average Bonchev–Trinajstić information content (AvgIpc) is 2.90. The van der Waals surface area contributed by atoms with E-state index in [-0.39, 0.29) is 18.1 Å². The smallest absolute Gasteiger partial charge is 0.469 e. The van der Waals surface area contributed by atoms with Crippen LogP contribution >= 0.6 is 0 Å². The van der Waals surface area contributed by atoms with Crippen molar-refractivity contribution in [2.24, 2.45) is 0 Å². The van der Waals surface area contributed by atoms with Crippen LogP contribution < -0.4 is 10.1 Å². The minimum Gasteiger partial charge on any atom is -0.469 e. The second kappa shape index (κ2) is 6.34. The molecule has 2 aromatic rings. The van der Waals surface area contributed by atoms with E-state index in [1.807, 2.05) is 0 Å². The summed E-state index contributed by atoms with van der Waals surface area (Å²) in [6, 6.07) is 8.44. The first-order valence-corrected chi connectivity index (χ1v) is 6.10. The molecule has 0 unspecified atom stereocenters. The van der Waals surface area contributed by atoms with Gasteiger partial charge in [0.15, 0.2) is 0 Å². The summed E-state index contributed by atoms with van der Waals surface area (Å²) in [5, 5.41) is 2.58. The van der Waals surface area contributed by atoms with E-state index in [0.29, 0.717) is 17.9 Å². The SMILES string of the molecule is O=C(CCc1ccco1)Nc1ccc(OC(F)(F)F)cc1. The molecule has 0 aliphatic rings. The topological polar surface area (TPSA) is 51.5 Å². The van der Waals surface area contributed by atoms with Crippen molar-refractivity contribution < 1.29 is 27.1 Å². The Morgan fingerprint density at radius 3 is 2.48 bits per heavy atom. The predicted molar refractivity (Wildman–Crippen MR) is 68.8 cm³/mol. The van der Waals surface area contributed by atoms with Gasteiger partial charge in [-0.1, -0.05) is 0 Å². The first-order chi connectivity index (χ1) is 9.92. The van der Waals surface area contributed by atoms with Gasteiger partial charge in [-0.2, -0.15) is 0 Å². The van der Waals surface area contributed by atoms with E-state index < -0.39 is 6.36 Å². The lowest BCUT2D eigenvalue weighted by Gasteiger charge is -2.09. The summed E-state index contributed by atoms with van der Waals surface area (Å²) < 4.78 is 44.8. The third-order valence-corrected chi connectivity index (χ3v) is 2.55. The van der Waals surface area contributed by atoms with Gasteiger partial charge in [-0.25, -0.2) is 0 Å². The molecule has 1 N–H and O–H groups in total. The first kappa shape index (κ1) is 15.0. The predicted octanol–water partition coefficient (Wildman–Crippen LogP) is 3.75. The van der Waals surface area contributed by atoms with Crippen molar-refractivity contribution in [3.05, 3.63) is 48.4 Å². The second-order valence-electron chi connectivity index (χ2n) is 4.20. The fraction of sp³-hybridized carbons (Fsp3) is 0.214. The van der Waals surface area contributed by atoms with E-state index in [2.05, 4.69) is 10.1 Å². The first-order valence-electron chi connectivity index (χ1n) is 6.10. The number of hydrogen-bond donors (Lipinski definition) is 1. The normalized spacial score (nSPS) is 11.2. The Bertz CT molecular complexity index is 577. The van der Waals surface area contributed by atoms with Gasteiger partial charge in [-0.05, 0) is 36.4 Å². The Morgan fingerprint density at radius 2 is 1.90 bits per heavy atom. The summed E-state index contributed by atoms with van der Waals surface area (Å²) in [7, 11) is 0. The zero-order valence-electron chi connectivity index (χ0n) is 10.8. The van der Waals surface area contributed by atoms with Crippen molar-refractivity contribution in [3.63, 3.8) is 0 Å². The number of carbonyl (C=O) groups is 1. The maximum atomic E-state index is 12.0. The maximum Gasteiger partial charge on any atom is 0.573 e. The summed E-state index contributed by atoms with van der Waals surface area (Å²) >= 11 is 0. The van der Waals surface area contributed by atoms with Gasteiger partial charge in [-0.3, -0.25) is 4.79 Å². The number of rotatable bonds is 5. The van der Waals surface area contributed by atoms with E-state index in [4.69, 9.17) is 4.42 Å². The Kier molecular flexibility index (Phi) is 4.52. The molecule has 0 fully saturated rings. The highest BCUT2D eigenvalue weighted by Gasteiger charge is 2.30. The number of halogens is 3. The molecule has 1 heterocycles. The zero-order valence-corrected chi connectivity index (χ0v) is 10.8. The maximum absolute atomic E-state index is 12.0. The van der Waals surface area contributed by atoms with Crippen LogP contribution in [0.3, 0.4) is 0 Å². The molecular formula is C14H12F3NO3. The van der Waals surface area contributed by atoms with Gasteiger partial charge in [0.05, 0.1) is 6.26 Å². The standard InChI is InChI=1S/C14H12F3NO3/c15-14(16,17)21-12-5-3-10(4-6-12)18-13(19)8-7-11-2-1-9-20-11/h1-6,9H,7-8H2,(H,18,19). The van der Waals surface area contributed by atoms with Crippen molar-refractivity contribution in [2.75, 3.05) is 5.32 Å². The van der Waals surface area contributed by atoms with Gasteiger partial charge in [-0.15, -0.1) is 13.2 Å². The second-order valence-corrected chi connectivity index (χ2v) is 4.20. The number of hydrogen-bond acceptors (Lipinski definition) is 3. The van der Waals surface area contributed by atoms with Crippen molar-refractivity contribution in [2.45, 2.75) is 19.2 Å². The third kappa shape index (κ3) is 5.21. The van der Waals surface area contributed by atoms with Crippen LogP contribution in [-0.2, 0) is 11.2 Å². The number of alkyl halides is 3. The van der Waals surface area contributed by atoms with Gasteiger partial charge in [0.2, 0.25) is 5.91 Å². The number of nitrogens with one attached hydrogen (secondary N) is 1. The van der Waals surface area contributed by atoms with E-state index in [1.165, 1.54) is 18.4 Å². The fourth-order valence-electron chi connectivity index (χ4n) is 1.65. The van der Waals surface area contributed by atoms with Crippen LogP contribution in [0.4, 0.5) is 18.9 Å². The minimum atomic E-state index is -4.73. The summed E-state index contributed by atoms with van der Waals surface area (Å²) in [6.07, 6.45) is -2.54. The van der Waals surface area contributed by atoms with Crippen molar-refractivity contribution >= 4 is 11.6 Å². The van der Waals surface area contributed by atoms with Crippen molar-refractivity contribution in [1.82, 2.24) is 0 Å². The highest BCUT2D eigenvalue weighted by atomic mass is 19.4. The van der Waals surface area contributed by atoms with Crippen LogP contribution in [0.1, 0.15) is 12.2 Å². The van der Waals surface area contributed by atoms with Crippen LogP contribution in [0.2, 0.25) is 0 Å². The minimum absolute atomic E-state index is 0.217. The summed E-state index contributed by atoms with van der Waals surface area (Å²) in [5.74, 6) is 0.103. The monoisotopic (exact) mass is 299 g/mol. The molecule has 0 bridgehead atoms. The van der Waals surface area contributed by atoms with Gasteiger partial charge in [0.1, 0.15) is 11.5 Å². The molecule has 0 saturated heterocycles. The highest BCUT2D eigenvalue weighted by molar-refractivity contribution is 5.90. The number of ether oxygens (including phenoxy) is 1. The molecule has 0 aliphatic heterocycles. The molecule has 112 valence electrons. The van der Waals surface area contributed by atoms with E-state index in [9.17, 15) is 18.0 Å². The number of anilines is 1. The number of furan rings is 1. The van der Waals surface area contributed by atoms with Crippen molar-refractivity contribution in [3.8, 4) is 5.75 Å². The lowest BCUT2D eigenvalue weighted by molar-refractivity contribution is -0.274. The van der Waals surface area contributed by atoms with Gasteiger partial charge >= 0.3 is 6.36 Å². The highest BCUT2D eigenvalue weighted by Crippen LogP contribution is 2.24.